The van der Waals surface area contributed by atoms with E-state index in [0.717, 1.165) is 18.0 Å². The molecule has 3 heterocycles. The first-order valence-corrected chi connectivity index (χ1v) is 7.34. The molecule has 1 N–H and O–H groups in total. The molecule has 1 amide bonds. The minimum Gasteiger partial charge on any atom is -0.352 e. The topological polar surface area (TPSA) is 63.1 Å². The number of aromatic nitrogens is 3. The van der Waals surface area contributed by atoms with Gasteiger partial charge in [0.05, 0.1) is 17.3 Å². The number of anilines is 1. The van der Waals surface area contributed by atoms with Crippen LogP contribution in [0.3, 0.4) is 0 Å². The van der Waals surface area contributed by atoms with E-state index in [1.165, 1.54) is 10.7 Å². The number of carbonyl (C=O) groups excluding carboxylic acids is 1. The standard InChI is InChI=1S/C15H16F3N5O/c1-9-5-12(22(2)21-9)14(24)20-11-7-23(8-11)13-4-3-10(6-19-13)15(16,17)18/h3-6,11H,7-8H2,1-2H3,(H,20,24). The first-order valence-electron chi connectivity index (χ1n) is 7.34. The average Bonchev–Trinajstić information content (AvgIpc) is 2.80. The first kappa shape index (κ1) is 16.3. The SMILES string of the molecule is Cc1cc(C(=O)NC2CN(c3ccc(C(F)(F)F)cn3)C2)n(C)n1. The van der Waals surface area contributed by atoms with Gasteiger partial charge in [-0.1, -0.05) is 0 Å². The summed E-state index contributed by atoms with van der Waals surface area (Å²) in [5.74, 6) is 0.244. The van der Waals surface area contributed by atoms with Gasteiger partial charge in [0.15, 0.2) is 0 Å². The Balaban J connectivity index is 1.56. The monoisotopic (exact) mass is 339 g/mol. The summed E-state index contributed by atoms with van der Waals surface area (Å²) in [6.45, 7) is 2.81. The molecule has 3 rings (SSSR count). The predicted molar refractivity (Wildman–Crippen MR) is 80.7 cm³/mol. The molecule has 2 aromatic rings. The van der Waals surface area contributed by atoms with Gasteiger partial charge < -0.3 is 10.2 Å². The number of pyridine rings is 1. The number of aryl methyl sites for hydroxylation is 2. The molecule has 0 spiro atoms. The molecule has 1 saturated heterocycles. The van der Waals surface area contributed by atoms with E-state index in [1.807, 2.05) is 0 Å². The average molecular weight is 339 g/mol. The lowest BCUT2D eigenvalue weighted by Crippen LogP contribution is -2.59. The van der Waals surface area contributed by atoms with E-state index in [9.17, 15) is 18.0 Å². The van der Waals surface area contributed by atoms with Gasteiger partial charge in [0.25, 0.3) is 5.91 Å². The minimum atomic E-state index is -4.39. The van der Waals surface area contributed by atoms with E-state index in [2.05, 4.69) is 15.4 Å². The van der Waals surface area contributed by atoms with E-state index in [1.54, 1.807) is 24.9 Å². The van der Waals surface area contributed by atoms with Crippen LogP contribution in [0.1, 0.15) is 21.7 Å². The van der Waals surface area contributed by atoms with Crippen molar-refractivity contribution in [2.45, 2.75) is 19.1 Å². The maximum absolute atomic E-state index is 12.5. The number of hydrogen-bond acceptors (Lipinski definition) is 4. The van der Waals surface area contributed by atoms with Crippen LogP contribution in [0.4, 0.5) is 19.0 Å². The van der Waals surface area contributed by atoms with Gasteiger partial charge in [-0.2, -0.15) is 18.3 Å². The smallest absolute Gasteiger partial charge is 0.352 e. The van der Waals surface area contributed by atoms with Crippen LogP contribution in [0.25, 0.3) is 0 Å². The van der Waals surface area contributed by atoms with Crippen LogP contribution < -0.4 is 10.2 Å². The third-order valence-electron chi connectivity index (χ3n) is 3.85. The molecule has 1 aliphatic rings. The van der Waals surface area contributed by atoms with Gasteiger partial charge in [0.2, 0.25) is 0 Å². The van der Waals surface area contributed by atoms with Crippen molar-refractivity contribution < 1.29 is 18.0 Å². The molecule has 0 bridgehead atoms. The van der Waals surface area contributed by atoms with E-state index in [4.69, 9.17) is 0 Å². The van der Waals surface area contributed by atoms with Crippen LogP contribution in [-0.2, 0) is 13.2 Å². The fourth-order valence-electron chi connectivity index (χ4n) is 2.58. The molecule has 0 saturated carbocycles. The summed E-state index contributed by atoms with van der Waals surface area (Å²) in [4.78, 5) is 17.8. The Bertz CT molecular complexity index is 747. The Labute approximate surface area is 136 Å². The quantitative estimate of drug-likeness (QED) is 0.926. The zero-order valence-corrected chi connectivity index (χ0v) is 13.1. The highest BCUT2D eigenvalue weighted by atomic mass is 19.4. The van der Waals surface area contributed by atoms with Crippen molar-refractivity contribution >= 4 is 11.7 Å². The van der Waals surface area contributed by atoms with Crippen molar-refractivity contribution in [1.29, 1.82) is 0 Å². The van der Waals surface area contributed by atoms with Crippen molar-refractivity contribution in [3.05, 3.63) is 41.3 Å². The maximum Gasteiger partial charge on any atom is 0.417 e. The number of amides is 1. The minimum absolute atomic E-state index is 0.0724. The largest absolute Gasteiger partial charge is 0.417 e. The first-order chi connectivity index (χ1) is 11.2. The molecule has 0 atom stereocenters. The molecule has 128 valence electrons. The fraction of sp³-hybridized carbons (Fsp3) is 0.400. The second kappa shape index (κ2) is 5.81. The second-order valence-corrected chi connectivity index (χ2v) is 5.77. The lowest BCUT2D eigenvalue weighted by Gasteiger charge is -2.40. The summed E-state index contributed by atoms with van der Waals surface area (Å²) in [6, 6.07) is 3.97. The Morgan fingerprint density at radius 1 is 1.33 bits per heavy atom. The highest BCUT2D eigenvalue weighted by molar-refractivity contribution is 5.93. The van der Waals surface area contributed by atoms with Crippen molar-refractivity contribution in [1.82, 2.24) is 20.1 Å². The van der Waals surface area contributed by atoms with E-state index in [0.29, 0.717) is 24.6 Å². The number of nitrogens with one attached hydrogen (secondary N) is 1. The lowest BCUT2D eigenvalue weighted by molar-refractivity contribution is -0.137. The highest BCUT2D eigenvalue weighted by Gasteiger charge is 2.33. The summed E-state index contributed by atoms with van der Waals surface area (Å²) in [6.07, 6.45) is -3.57. The van der Waals surface area contributed by atoms with Gasteiger partial charge in [0, 0.05) is 26.3 Å². The van der Waals surface area contributed by atoms with Gasteiger partial charge >= 0.3 is 6.18 Å². The molecule has 24 heavy (non-hydrogen) atoms. The highest BCUT2D eigenvalue weighted by Crippen LogP contribution is 2.30. The zero-order chi connectivity index (χ0) is 17.5. The lowest BCUT2D eigenvalue weighted by atomic mass is 10.1. The molecular formula is C15H16F3N5O. The van der Waals surface area contributed by atoms with Gasteiger partial charge in [-0.05, 0) is 25.1 Å². The van der Waals surface area contributed by atoms with Crippen LogP contribution in [0.2, 0.25) is 0 Å². The third kappa shape index (κ3) is 3.19. The molecular weight excluding hydrogens is 323 g/mol. The molecule has 1 aliphatic heterocycles. The summed E-state index contributed by atoms with van der Waals surface area (Å²) >= 11 is 0. The Morgan fingerprint density at radius 2 is 2.04 bits per heavy atom. The molecule has 0 aromatic carbocycles. The number of alkyl halides is 3. The summed E-state index contributed by atoms with van der Waals surface area (Å²) in [7, 11) is 1.70. The third-order valence-corrected chi connectivity index (χ3v) is 3.85. The van der Waals surface area contributed by atoms with Crippen LogP contribution >= 0.6 is 0 Å². The Hall–Kier alpha value is -2.58. The summed E-state index contributed by atoms with van der Waals surface area (Å²) in [5, 5.41) is 6.99. The molecule has 9 heteroatoms. The number of carbonyl (C=O) groups is 1. The van der Waals surface area contributed by atoms with Crippen molar-refractivity contribution in [3.8, 4) is 0 Å². The summed E-state index contributed by atoms with van der Waals surface area (Å²) in [5.41, 5.74) is 0.452. The van der Waals surface area contributed by atoms with Gasteiger partial charge in [-0.15, -0.1) is 0 Å². The van der Waals surface area contributed by atoms with E-state index in [-0.39, 0.29) is 11.9 Å². The van der Waals surface area contributed by atoms with E-state index < -0.39 is 11.7 Å². The molecule has 0 radical (unpaired) electrons. The normalized spacial score (nSPS) is 15.3. The number of halogens is 3. The maximum atomic E-state index is 12.5. The van der Waals surface area contributed by atoms with Crippen molar-refractivity contribution in [2.75, 3.05) is 18.0 Å². The van der Waals surface area contributed by atoms with Crippen LogP contribution in [0.15, 0.2) is 24.4 Å². The number of rotatable bonds is 3. The van der Waals surface area contributed by atoms with Crippen LogP contribution in [0.5, 0.6) is 0 Å². The van der Waals surface area contributed by atoms with Crippen molar-refractivity contribution in [3.63, 3.8) is 0 Å². The molecule has 0 aliphatic carbocycles. The number of hydrogen-bond donors (Lipinski definition) is 1. The molecule has 0 unspecified atom stereocenters. The molecule has 1 fully saturated rings. The van der Waals surface area contributed by atoms with Crippen LogP contribution in [-0.4, -0.2) is 39.8 Å². The molecule has 2 aromatic heterocycles. The van der Waals surface area contributed by atoms with Crippen LogP contribution in [0, 0.1) is 6.92 Å². The van der Waals surface area contributed by atoms with Gasteiger partial charge in [-0.25, -0.2) is 4.98 Å². The van der Waals surface area contributed by atoms with Crippen molar-refractivity contribution in [2.24, 2.45) is 7.05 Å². The zero-order valence-electron chi connectivity index (χ0n) is 13.1. The second-order valence-electron chi connectivity index (χ2n) is 5.77. The van der Waals surface area contributed by atoms with Gasteiger partial charge in [-0.3, -0.25) is 9.48 Å². The van der Waals surface area contributed by atoms with Gasteiger partial charge in [0.1, 0.15) is 11.5 Å². The Morgan fingerprint density at radius 3 is 2.54 bits per heavy atom. The number of nitrogens with zero attached hydrogens (tertiary/aromatic N) is 4. The van der Waals surface area contributed by atoms with E-state index >= 15 is 0 Å². The summed E-state index contributed by atoms with van der Waals surface area (Å²) < 4.78 is 39.0. The molecule has 6 nitrogen and oxygen atoms in total. The predicted octanol–water partition coefficient (Wildman–Crippen LogP) is 1.76. The Kier molecular flexibility index (Phi) is 3.94. The fourth-order valence-corrected chi connectivity index (χ4v) is 2.58.